The second-order valence-electron chi connectivity index (χ2n) is 6.14. The number of morpholine rings is 1. The number of aromatic nitrogens is 2. The van der Waals surface area contributed by atoms with E-state index in [0.717, 1.165) is 32.0 Å². The number of anilines is 1. The second-order valence-corrected chi connectivity index (χ2v) is 6.14. The van der Waals surface area contributed by atoms with Crippen molar-refractivity contribution in [3.63, 3.8) is 0 Å². The summed E-state index contributed by atoms with van der Waals surface area (Å²) >= 11 is 0. The lowest BCUT2D eigenvalue weighted by Gasteiger charge is -2.28. The van der Waals surface area contributed by atoms with Crippen LogP contribution < -0.4 is 4.90 Å². The molecule has 3 rings (SSSR count). The van der Waals surface area contributed by atoms with Crippen molar-refractivity contribution in [1.82, 2.24) is 9.97 Å². The Morgan fingerprint density at radius 3 is 2.68 bits per heavy atom. The molecule has 19 heavy (non-hydrogen) atoms. The van der Waals surface area contributed by atoms with E-state index in [2.05, 4.69) is 47.9 Å². The van der Waals surface area contributed by atoms with Gasteiger partial charge in [0.2, 0.25) is 0 Å². The minimum absolute atomic E-state index is 0.126. The standard InChI is InChI=1S/C15H21N3O/c1-15(2,3)11-8-12-13(10-17-14(12)16-9-11)18-4-6-19-7-5-18/h8-10H,4-7H2,1-3H3,(H,16,17). The Kier molecular flexibility index (Phi) is 2.97. The summed E-state index contributed by atoms with van der Waals surface area (Å²) in [7, 11) is 0. The Morgan fingerprint density at radius 2 is 2.00 bits per heavy atom. The summed E-state index contributed by atoms with van der Waals surface area (Å²) in [4.78, 5) is 10.2. The highest BCUT2D eigenvalue weighted by molar-refractivity contribution is 5.91. The highest BCUT2D eigenvalue weighted by Crippen LogP contribution is 2.30. The van der Waals surface area contributed by atoms with Crippen LogP contribution in [0.1, 0.15) is 26.3 Å². The fourth-order valence-electron chi connectivity index (χ4n) is 2.47. The molecule has 0 aromatic carbocycles. The zero-order valence-electron chi connectivity index (χ0n) is 11.9. The van der Waals surface area contributed by atoms with Crippen LogP contribution in [-0.4, -0.2) is 36.3 Å². The third-order valence-electron chi connectivity index (χ3n) is 3.73. The molecule has 1 saturated heterocycles. The van der Waals surface area contributed by atoms with Crippen LogP contribution in [0.25, 0.3) is 11.0 Å². The van der Waals surface area contributed by atoms with Crippen LogP contribution in [-0.2, 0) is 10.2 Å². The maximum absolute atomic E-state index is 5.42. The van der Waals surface area contributed by atoms with Crippen molar-refractivity contribution in [2.45, 2.75) is 26.2 Å². The molecular formula is C15H21N3O. The van der Waals surface area contributed by atoms with Gasteiger partial charge in [0.1, 0.15) is 5.65 Å². The predicted octanol–water partition coefficient (Wildman–Crippen LogP) is 2.70. The third kappa shape index (κ3) is 2.32. The number of aromatic amines is 1. The van der Waals surface area contributed by atoms with E-state index in [-0.39, 0.29) is 5.41 Å². The molecule has 3 heterocycles. The summed E-state index contributed by atoms with van der Waals surface area (Å²) in [5.41, 5.74) is 3.61. The van der Waals surface area contributed by atoms with Gasteiger partial charge in [-0.05, 0) is 17.0 Å². The fraction of sp³-hybridized carbons (Fsp3) is 0.533. The van der Waals surface area contributed by atoms with Gasteiger partial charge in [0.25, 0.3) is 0 Å². The monoisotopic (exact) mass is 259 g/mol. The first kappa shape index (κ1) is 12.5. The molecule has 0 bridgehead atoms. The van der Waals surface area contributed by atoms with Gasteiger partial charge in [-0.2, -0.15) is 0 Å². The Labute approximate surface area is 113 Å². The summed E-state index contributed by atoms with van der Waals surface area (Å²) in [6.45, 7) is 10.2. The van der Waals surface area contributed by atoms with Crippen molar-refractivity contribution in [3.05, 3.63) is 24.0 Å². The first-order chi connectivity index (χ1) is 9.05. The molecule has 2 aromatic rings. The molecule has 0 amide bonds. The van der Waals surface area contributed by atoms with Gasteiger partial charge < -0.3 is 14.6 Å². The van der Waals surface area contributed by atoms with E-state index in [9.17, 15) is 0 Å². The van der Waals surface area contributed by atoms with Crippen molar-refractivity contribution in [3.8, 4) is 0 Å². The second kappa shape index (κ2) is 4.53. The zero-order valence-corrected chi connectivity index (χ0v) is 11.9. The number of pyridine rings is 1. The average molecular weight is 259 g/mol. The first-order valence-corrected chi connectivity index (χ1v) is 6.86. The maximum Gasteiger partial charge on any atom is 0.139 e. The Morgan fingerprint density at radius 1 is 1.26 bits per heavy atom. The lowest BCUT2D eigenvalue weighted by molar-refractivity contribution is 0.123. The average Bonchev–Trinajstić information content (AvgIpc) is 2.81. The van der Waals surface area contributed by atoms with Crippen LogP contribution in [0.2, 0.25) is 0 Å². The summed E-state index contributed by atoms with van der Waals surface area (Å²) in [5, 5.41) is 1.22. The molecule has 1 aliphatic heterocycles. The molecule has 0 radical (unpaired) electrons. The summed E-state index contributed by atoms with van der Waals surface area (Å²) in [5.74, 6) is 0. The van der Waals surface area contributed by atoms with E-state index in [4.69, 9.17) is 4.74 Å². The van der Waals surface area contributed by atoms with E-state index in [1.807, 2.05) is 6.20 Å². The van der Waals surface area contributed by atoms with Gasteiger partial charge in [0.05, 0.1) is 18.9 Å². The minimum Gasteiger partial charge on any atom is -0.378 e. The van der Waals surface area contributed by atoms with Crippen molar-refractivity contribution in [1.29, 1.82) is 0 Å². The molecule has 0 spiro atoms. The Bertz CT molecular complexity index is 577. The van der Waals surface area contributed by atoms with Crippen molar-refractivity contribution in [2.75, 3.05) is 31.2 Å². The van der Waals surface area contributed by atoms with Gasteiger partial charge in [0.15, 0.2) is 0 Å². The molecule has 1 aliphatic rings. The first-order valence-electron chi connectivity index (χ1n) is 6.86. The van der Waals surface area contributed by atoms with E-state index >= 15 is 0 Å². The number of nitrogens with one attached hydrogen (secondary N) is 1. The number of ether oxygens (including phenoxy) is 1. The summed E-state index contributed by atoms with van der Waals surface area (Å²) in [6, 6.07) is 2.27. The molecule has 1 fully saturated rings. The van der Waals surface area contributed by atoms with E-state index in [1.54, 1.807) is 0 Å². The number of rotatable bonds is 1. The predicted molar refractivity (Wildman–Crippen MR) is 77.8 cm³/mol. The number of nitrogens with zero attached hydrogens (tertiary/aromatic N) is 2. The van der Waals surface area contributed by atoms with Crippen LogP contribution in [0, 0.1) is 0 Å². The molecule has 0 saturated carbocycles. The van der Waals surface area contributed by atoms with Crippen molar-refractivity contribution < 1.29 is 4.74 Å². The van der Waals surface area contributed by atoms with Crippen molar-refractivity contribution >= 4 is 16.7 Å². The van der Waals surface area contributed by atoms with Crippen LogP contribution in [0.4, 0.5) is 5.69 Å². The normalized spacial score (nSPS) is 17.1. The maximum atomic E-state index is 5.42. The van der Waals surface area contributed by atoms with E-state index in [1.165, 1.54) is 16.6 Å². The van der Waals surface area contributed by atoms with Gasteiger partial charge in [-0.1, -0.05) is 20.8 Å². The van der Waals surface area contributed by atoms with Gasteiger partial charge in [-0.25, -0.2) is 4.98 Å². The topological polar surface area (TPSA) is 41.2 Å². The SMILES string of the molecule is CC(C)(C)c1cnc2[nH]cc(N3CCOCC3)c2c1. The molecule has 0 atom stereocenters. The molecule has 0 unspecified atom stereocenters. The zero-order chi connectivity index (χ0) is 13.5. The molecular weight excluding hydrogens is 238 g/mol. The highest BCUT2D eigenvalue weighted by atomic mass is 16.5. The van der Waals surface area contributed by atoms with Gasteiger partial charge in [-0.15, -0.1) is 0 Å². The smallest absolute Gasteiger partial charge is 0.139 e. The molecule has 4 nitrogen and oxygen atoms in total. The Hall–Kier alpha value is -1.55. The van der Waals surface area contributed by atoms with Gasteiger partial charge in [0, 0.05) is 30.9 Å². The number of hydrogen-bond acceptors (Lipinski definition) is 3. The molecule has 0 aliphatic carbocycles. The summed E-state index contributed by atoms with van der Waals surface area (Å²) < 4.78 is 5.42. The van der Waals surface area contributed by atoms with Gasteiger partial charge in [-0.3, -0.25) is 0 Å². The van der Waals surface area contributed by atoms with Crippen LogP contribution in [0.15, 0.2) is 18.5 Å². The van der Waals surface area contributed by atoms with Crippen molar-refractivity contribution in [2.24, 2.45) is 0 Å². The third-order valence-corrected chi connectivity index (χ3v) is 3.73. The molecule has 2 aromatic heterocycles. The minimum atomic E-state index is 0.126. The largest absolute Gasteiger partial charge is 0.378 e. The fourth-order valence-corrected chi connectivity index (χ4v) is 2.47. The lowest BCUT2D eigenvalue weighted by atomic mass is 9.88. The lowest BCUT2D eigenvalue weighted by Crippen LogP contribution is -2.36. The van der Waals surface area contributed by atoms with Crippen LogP contribution in [0.5, 0.6) is 0 Å². The Balaban J connectivity index is 2.05. The number of hydrogen-bond donors (Lipinski definition) is 1. The molecule has 102 valence electrons. The van der Waals surface area contributed by atoms with Crippen LogP contribution >= 0.6 is 0 Å². The molecule has 4 heteroatoms. The van der Waals surface area contributed by atoms with E-state index in [0.29, 0.717) is 0 Å². The number of H-pyrrole nitrogens is 1. The quantitative estimate of drug-likeness (QED) is 0.856. The summed E-state index contributed by atoms with van der Waals surface area (Å²) in [6.07, 6.45) is 4.04. The molecule has 1 N–H and O–H groups in total. The van der Waals surface area contributed by atoms with Gasteiger partial charge >= 0.3 is 0 Å². The van der Waals surface area contributed by atoms with E-state index < -0.39 is 0 Å². The highest BCUT2D eigenvalue weighted by Gasteiger charge is 2.19. The van der Waals surface area contributed by atoms with Crippen LogP contribution in [0.3, 0.4) is 0 Å². The number of fused-ring (bicyclic) bond motifs is 1.